The molecule has 1 atom stereocenters. The molecule has 3 N–H and O–H groups in total. The first-order chi connectivity index (χ1) is 7.93. The van der Waals surface area contributed by atoms with Gasteiger partial charge in [-0.1, -0.05) is 15.9 Å². The van der Waals surface area contributed by atoms with E-state index >= 15 is 0 Å². The van der Waals surface area contributed by atoms with Gasteiger partial charge in [0.15, 0.2) is 0 Å². The highest BCUT2D eigenvalue weighted by Gasteiger charge is 2.19. The number of nitrogens with zero attached hydrogens (tertiary/aromatic N) is 1. The number of halogens is 1. The number of rotatable bonds is 5. The number of carboxylic acid groups (broad SMARTS) is 1. The van der Waals surface area contributed by atoms with Crippen LogP contribution in [0.4, 0.5) is 5.69 Å². The third kappa shape index (κ3) is 3.68. The van der Waals surface area contributed by atoms with Crippen molar-refractivity contribution in [1.29, 1.82) is 0 Å². The molecule has 1 rings (SSSR count). The van der Waals surface area contributed by atoms with Crippen molar-refractivity contribution < 1.29 is 19.6 Å². The normalized spacial score (nSPS) is 11.9. The predicted molar refractivity (Wildman–Crippen MR) is 61.9 cm³/mol. The highest BCUT2D eigenvalue weighted by atomic mass is 79.9. The van der Waals surface area contributed by atoms with Crippen molar-refractivity contribution in [2.45, 2.75) is 6.10 Å². The maximum Gasteiger partial charge on any atom is 0.346 e. The Labute approximate surface area is 104 Å². The Balaban J connectivity index is 2.98. The van der Waals surface area contributed by atoms with Gasteiger partial charge in [0, 0.05) is 17.1 Å². The Kier molecular flexibility index (Phi) is 4.41. The smallest absolute Gasteiger partial charge is 0.346 e. The van der Waals surface area contributed by atoms with Crippen LogP contribution in [0, 0.1) is 10.1 Å². The molecule has 0 aliphatic heterocycles. The molecule has 0 fully saturated rings. The second-order valence-corrected chi connectivity index (χ2v) is 4.00. The van der Waals surface area contributed by atoms with E-state index in [1.165, 1.54) is 12.1 Å². The van der Waals surface area contributed by atoms with Crippen LogP contribution in [-0.4, -0.2) is 28.6 Å². The van der Waals surface area contributed by atoms with E-state index in [9.17, 15) is 14.9 Å². The topological polar surface area (TPSA) is 116 Å². The number of hydrogen-bond donors (Lipinski definition) is 2. The molecule has 0 bridgehead atoms. The molecule has 92 valence electrons. The highest BCUT2D eigenvalue weighted by molar-refractivity contribution is 9.10. The van der Waals surface area contributed by atoms with Gasteiger partial charge in [0.2, 0.25) is 6.10 Å². The molecular formula is C9H9BrN2O5. The quantitative estimate of drug-likeness (QED) is 0.622. The van der Waals surface area contributed by atoms with Gasteiger partial charge < -0.3 is 15.6 Å². The number of ether oxygens (including phenoxy) is 1. The molecule has 0 spiro atoms. The lowest BCUT2D eigenvalue weighted by molar-refractivity contribution is -0.385. The van der Waals surface area contributed by atoms with E-state index in [-0.39, 0.29) is 18.0 Å². The van der Waals surface area contributed by atoms with Gasteiger partial charge in [0.1, 0.15) is 5.75 Å². The van der Waals surface area contributed by atoms with Gasteiger partial charge in [-0.3, -0.25) is 10.1 Å². The van der Waals surface area contributed by atoms with Crippen LogP contribution in [0.2, 0.25) is 0 Å². The maximum atomic E-state index is 10.7. The van der Waals surface area contributed by atoms with Crippen molar-refractivity contribution in [3.8, 4) is 5.75 Å². The van der Waals surface area contributed by atoms with E-state index in [2.05, 4.69) is 15.9 Å². The number of aliphatic carboxylic acids is 1. The molecule has 0 heterocycles. The summed E-state index contributed by atoms with van der Waals surface area (Å²) in [5, 5.41) is 19.3. The minimum atomic E-state index is -1.23. The summed E-state index contributed by atoms with van der Waals surface area (Å²) < 4.78 is 5.46. The van der Waals surface area contributed by atoms with Crippen LogP contribution in [0.3, 0.4) is 0 Å². The Morgan fingerprint density at radius 2 is 2.24 bits per heavy atom. The average molecular weight is 305 g/mol. The van der Waals surface area contributed by atoms with E-state index in [1.54, 1.807) is 0 Å². The highest BCUT2D eigenvalue weighted by Crippen LogP contribution is 2.26. The number of carbonyl (C=O) groups is 1. The van der Waals surface area contributed by atoms with E-state index in [0.717, 1.165) is 6.07 Å². The molecule has 0 amide bonds. The predicted octanol–water partition coefficient (Wildman–Crippen LogP) is 1.15. The lowest BCUT2D eigenvalue weighted by Gasteiger charge is -2.12. The summed E-state index contributed by atoms with van der Waals surface area (Å²) >= 11 is 3.07. The van der Waals surface area contributed by atoms with Crippen molar-refractivity contribution in [2.24, 2.45) is 5.73 Å². The molecule has 0 aliphatic carbocycles. The summed E-state index contributed by atoms with van der Waals surface area (Å²) in [6.07, 6.45) is -1.23. The average Bonchev–Trinajstić information content (AvgIpc) is 2.24. The van der Waals surface area contributed by atoms with E-state index in [1.807, 2.05) is 0 Å². The van der Waals surface area contributed by atoms with Gasteiger partial charge in [-0.15, -0.1) is 0 Å². The summed E-state index contributed by atoms with van der Waals surface area (Å²) in [6.45, 7) is -0.227. The van der Waals surface area contributed by atoms with Crippen molar-refractivity contribution in [2.75, 3.05) is 6.54 Å². The zero-order valence-corrected chi connectivity index (χ0v) is 10.1. The number of nitro benzene ring substituents is 1. The lowest BCUT2D eigenvalue weighted by Crippen LogP contribution is -2.34. The summed E-state index contributed by atoms with van der Waals surface area (Å²) in [7, 11) is 0. The molecule has 1 aromatic rings. The van der Waals surface area contributed by atoms with Crippen LogP contribution >= 0.6 is 15.9 Å². The summed E-state index contributed by atoms with van der Waals surface area (Å²) in [5.74, 6) is -1.15. The zero-order valence-electron chi connectivity index (χ0n) is 8.50. The van der Waals surface area contributed by atoms with Gasteiger partial charge in [-0.25, -0.2) is 4.79 Å². The number of non-ortho nitro benzene ring substituents is 1. The largest absolute Gasteiger partial charge is 0.478 e. The lowest BCUT2D eigenvalue weighted by atomic mass is 10.3. The molecular weight excluding hydrogens is 296 g/mol. The maximum absolute atomic E-state index is 10.7. The van der Waals surface area contributed by atoms with Crippen molar-refractivity contribution >= 4 is 27.6 Å². The Morgan fingerprint density at radius 3 is 2.71 bits per heavy atom. The van der Waals surface area contributed by atoms with Gasteiger partial charge in [0.25, 0.3) is 5.69 Å². The monoisotopic (exact) mass is 304 g/mol. The van der Waals surface area contributed by atoms with Crippen LogP contribution in [0.15, 0.2) is 22.7 Å². The second-order valence-electron chi connectivity index (χ2n) is 3.08. The Bertz CT molecular complexity index is 451. The zero-order chi connectivity index (χ0) is 13.0. The van der Waals surface area contributed by atoms with Gasteiger partial charge in [0.05, 0.1) is 11.0 Å². The summed E-state index contributed by atoms with van der Waals surface area (Å²) in [4.78, 5) is 20.7. The molecule has 17 heavy (non-hydrogen) atoms. The summed E-state index contributed by atoms with van der Waals surface area (Å²) in [6, 6.07) is 3.85. The molecule has 0 aliphatic rings. The SMILES string of the molecule is NCC(Oc1cc(Br)cc([N+](=O)[O-])c1)C(=O)O. The number of nitrogens with two attached hydrogens (primary N) is 1. The minimum absolute atomic E-state index is 0.0731. The fourth-order valence-electron chi connectivity index (χ4n) is 1.08. The van der Waals surface area contributed by atoms with Gasteiger partial charge in [-0.05, 0) is 6.07 Å². The molecule has 7 nitrogen and oxygen atoms in total. The van der Waals surface area contributed by atoms with Crippen molar-refractivity contribution in [1.82, 2.24) is 0 Å². The number of hydrogen-bond acceptors (Lipinski definition) is 5. The van der Waals surface area contributed by atoms with Crippen molar-refractivity contribution in [3.05, 3.63) is 32.8 Å². The summed E-state index contributed by atoms with van der Waals surface area (Å²) in [5.41, 5.74) is 5.01. The molecule has 1 unspecified atom stereocenters. The number of benzene rings is 1. The number of nitro groups is 1. The fourth-order valence-corrected chi connectivity index (χ4v) is 1.55. The number of carboxylic acids is 1. The standard InChI is InChI=1S/C9H9BrN2O5/c10-5-1-6(12(15)16)3-7(2-5)17-8(4-11)9(13)14/h1-3,8H,4,11H2,(H,13,14). The first kappa shape index (κ1) is 13.4. The first-order valence-corrected chi connectivity index (χ1v) is 5.28. The van der Waals surface area contributed by atoms with Crippen molar-refractivity contribution in [3.63, 3.8) is 0 Å². The second kappa shape index (κ2) is 5.60. The Morgan fingerprint density at radius 1 is 1.59 bits per heavy atom. The van der Waals surface area contributed by atoms with Crippen LogP contribution in [0.25, 0.3) is 0 Å². The molecule has 0 saturated carbocycles. The van der Waals surface area contributed by atoms with Crippen LogP contribution < -0.4 is 10.5 Å². The van der Waals surface area contributed by atoms with E-state index < -0.39 is 17.0 Å². The minimum Gasteiger partial charge on any atom is -0.478 e. The molecule has 0 radical (unpaired) electrons. The Hall–Kier alpha value is -1.67. The van der Waals surface area contributed by atoms with E-state index in [4.69, 9.17) is 15.6 Å². The molecule has 1 aromatic carbocycles. The molecule has 0 saturated heterocycles. The third-order valence-electron chi connectivity index (χ3n) is 1.83. The third-order valence-corrected chi connectivity index (χ3v) is 2.29. The first-order valence-electron chi connectivity index (χ1n) is 4.48. The van der Waals surface area contributed by atoms with Crippen LogP contribution in [-0.2, 0) is 4.79 Å². The van der Waals surface area contributed by atoms with E-state index in [0.29, 0.717) is 4.47 Å². The van der Waals surface area contributed by atoms with Crippen LogP contribution in [0.1, 0.15) is 0 Å². The fraction of sp³-hybridized carbons (Fsp3) is 0.222. The molecule has 8 heteroatoms. The molecule has 0 aromatic heterocycles. The van der Waals surface area contributed by atoms with Gasteiger partial charge in [-0.2, -0.15) is 0 Å². The van der Waals surface area contributed by atoms with Gasteiger partial charge >= 0.3 is 5.97 Å². The van der Waals surface area contributed by atoms with Crippen LogP contribution in [0.5, 0.6) is 5.75 Å².